The molecule has 0 spiro atoms. The zero-order valence-electron chi connectivity index (χ0n) is 19.0. The van der Waals surface area contributed by atoms with Gasteiger partial charge < -0.3 is 15.5 Å². The standard InChI is InChI=1S/C13H12F3N3O.C10H15N3S/c1-2-3-12-17-9-19(18-12)10-4-6-11(7-5-10)20-8-13(14,15)16;1-7(2)8-5-3-4-6-9(8)12-10(14)13-11/h2-7,9H,8H2,1H3;3-7H,11H2,1-2H3,(H2,12,13,14)/b3-2+;. The highest BCUT2D eigenvalue weighted by Gasteiger charge is 2.28. The number of nitrogens with one attached hydrogen (secondary N) is 2. The second kappa shape index (κ2) is 12.7. The number of aromatic nitrogens is 3. The van der Waals surface area contributed by atoms with Crippen molar-refractivity contribution in [2.45, 2.75) is 32.9 Å². The number of hydrazine groups is 1. The molecule has 4 N–H and O–H groups in total. The van der Waals surface area contributed by atoms with Crippen LogP contribution in [-0.2, 0) is 0 Å². The molecule has 1 heterocycles. The van der Waals surface area contributed by atoms with E-state index in [4.69, 9.17) is 18.1 Å². The molecule has 0 bridgehead atoms. The van der Waals surface area contributed by atoms with Gasteiger partial charge in [-0.1, -0.05) is 38.1 Å². The first-order chi connectivity index (χ1) is 16.1. The van der Waals surface area contributed by atoms with Crippen molar-refractivity contribution in [1.29, 1.82) is 0 Å². The molecule has 182 valence electrons. The second-order valence-electron chi connectivity index (χ2n) is 7.29. The third-order valence-electron chi connectivity index (χ3n) is 4.29. The number of hydrogen-bond donors (Lipinski definition) is 3. The summed E-state index contributed by atoms with van der Waals surface area (Å²) in [6, 6.07) is 14.2. The second-order valence-corrected chi connectivity index (χ2v) is 7.69. The van der Waals surface area contributed by atoms with E-state index in [1.807, 2.05) is 31.2 Å². The summed E-state index contributed by atoms with van der Waals surface area (Å²) >= 11 is 4.94. The molecule has 0 radical (unpaired) electrons. The Bertz CT molecular complexity index is 1080. The number of benzene rings is 2. The molecule has 3 aromatic rings. The van der Waals surface area contributed by atoms with Crippen LogP contribution in [0.3, 0.4) is 0 Å². The Labute approximate surface area is 201 Å². The summed E-state index contributed by atoms with van der Waals surface area (Å²) < 4.78 is 42.2. The zero-order chi connectivity index (χ0) is 25.1. The lowest BCUT2D eigenvalue weighted by molar-refractivity contribution is -0.153. The highest BCUT2D eigenvalue weighted by Crippen LogP contribution is 2.23. The van der Waals surface area contributed by atoms with E-state index in [0.717, 1.165) is 5.69 Å². The van der Waals surface area contributed by atoms with E-state index in [2.05, 4.69) is 45.5 Å². The Hall–Kier alpha value is -3.44. The molecule has 0 aliphatic rings. The van der Waals surface area contributed by atoms with Gasteiger partial charge in [0.15, 0.2) is 17.5 Å². The summed E-state index contributed by atoms with van der Waals surface area (Å²) in [5, 5.41) is 7.65. The van der Waals surface area contributed by atoms with Crippen molar-refractivity contribution >= 4 is 29.1 Å². The van der Waals surface area contributed by atoms with Crippen LogP contribution in [-0.4, -0.2) is 32.7 Å². The van der Waals surface area contributed by atoms with Gasteiger partial charge in [0.05, 0.1) is 5.69 Å². The van der Waals surface area contributed by atoms with Crippen molar-refractivity contribution < 1.29 is 17.9 Å². The third kappa shape index (κ3) is 8.83. The highest BCUT2D eigenvalue weighted by atomic mass is 32.1. The van der Waals surface area contributed by atoms with Crippen molar-refractivity contribution in [3.63, 3.8) is 0 Å². The molecule has 34 heavy (non-hydrogen) atoms. The Morgan fingerprint density at radius 1 is 1.18 bits per heavy atom. The normalized spacial score (nSPS) is 11.2. The number of alkyl halides is 3. The summed E-state index contributed by atoms with van der Waals surface area (Å²) in [5.41, 5.74) is 5.32. The summed E-state index contributed by atoms with van der Waals surface area (Å²) in [7, 11) is 0. The van der Waals surface area contributed by atoms with Gasteiger partial charge in [0.2, 0.25) is 0 Å². The SMILES string of the molecule is C/C=C/c1ncn(-c2ccc(OCC(F)(F)F)cc2)n1.CC(C)c1ccccc1NC(=S)NN. The molecule has 2 aromatic carbocycles. The van der Waals surface area contributed by atoms with Crippen molar-refractivity contribution in [1.82, 2.24) is 20.2 Å². The minimum absolute atomic E-state index is 0.153. The molecule has 0 aliphatic carbocycles. The first kappa shape index (κ1) is 26.8. The average molecular weight is 493 g/mol. The van der Waals surface area contributed by atoms with Crippen LogP contribution >= 0.6 is 12.2 Å². The summed E-state index contributed by atoms with van der Waals surface area (Å²) in [6.07, 6.45) is 0.748. The lowest BCUT2D eigenvalue weighted by Gasteiger charge is -2.14. The zero-order valence-corrected chi connectivity index (χ0v) is 19.8. The smallest absolute Gasteiger partial charge is 0.422 e. The molecular formula is C23H27F3N6OS. The highest BCUT2D eigenvalue weighted by molar-refractivity contribution is 7.80. The van der Waals surface area contributed by atoms with E-state index >= 15 is 0 Å². The molecule has 0 aliphatic heterocycles. The van der Waals surface area contributed by atoms with E-state index in [1.165, 1.54) is 28.7 Å². The van der Waals surface area contributed by atoms with E-state index in [1.54, 1.807) is 18.2 Å². The maximum absolute atomic E-state index is 12.0. The number of allylic oxidation sites excluding steroid dienone is 1. The number of para-hydroxylation sites is 1. The molecule has 7 nitrogen and oxygen atoms in total. The number of ether oxygens (including phenoxy) is 1. The van der Waals surface area contributed by atoms with Crippen LogP contribution in [0.15, 0.2) is 60.9 Å². The van der Waals surface area contributed by atoms with Crippen molar-refractivity contribution in [3.05, 3.63) is 72.3 Å². The Kier molecular flexibility index (Phi) is 10.0. The Morgan fingerprint density at radius 3 is 2.44 bits per heavy atom. The van der Waals surface area contributed by atoms with E-state index in [-0.39, 0.29) is 5.75 Å². The van der Waals surface area contributed by atoms with Crippen LogP contribution < -0.4 is 21.3 Å². The number of nitrogens with zero attached hydrogens (tertiary/aromatic N) is 3. The van der Waals surface area contributed by atoms with Gasteiger partial charge in [-0.3, -0.25) is 0 Å². The van der Waals surface area contributed by atoms with E-state index in [9.17, 15) is 13.2 Å². The Morgan fingerprint density at radius 2 is 1.85 bits per heavy atom. The number of hydrogen-bond acceptors (Lipinski definition) is 5. The number of thiocarbonyl (C=S) groups is 1. The third-order valence-corrected chi connectivity index (χ3v) is 4.51. The van der Waals surface area contributed by atoms with Gasteiger partial charge in [0.25, 0.3) is 0 Å². The van der Waals surface area contributed by atoms with Crippen molar-refractivity contribution in [2.24, 2.45) is 5.84 Å². The minimum atomic E-state index is -4.34. The minimum Gasteiger partial charge on any atom is -0.484 e. The van der Waals surface area contributed by atoms with Crippen LogP contribution in [0.25, 0.3) is 11.8 Å². The van der Waals surface area contributed by atoms with Gasteiger partial charge >= 0.3 is 6.18 Å². The largest absolute Gasteiger partial charge is 0.484 e. The first-order valence-corrected chi connectivity index (χ1v) is 10.7. The maximum atomic E-state index is 12.0. The molecule has 0 fully saturated rings. The molecule has 11 heteroatoms. The van der Waals surface area contributed by atoms with Crippen LogP contribution in [0.4, 0.5) is 18.9 Å². The van der Waals surface area contributed by atoms with Crippen molar-refractivity contribution in [2.75, 3.05) is 11.9 Å². The average Bonchev–Trinajstić information content (AvgIpc) is 3.27. The van der Waals surface area contributed by atoms with Gasteiger partial charge in [0, 0.05) is 5.69 Å². The fraction of sp³-hybridized carbons (Fsp3) is 0.261. The molecule has 0 unspecified atom stereocenters. The fourth-order valence-corrected chi connectivity index (χ4v) is 2.87. The van der Waals surface area contributed by atoms with E-state index in [0.29, 0.717) is 22.5 Å². The van der Waals surface area contributed by atoms with E-state index < -0.39 is 12.8 Å². The fourth-order valence-electron chi connectivity index (χ4n) is 2.76. The van der Waals surface area contributed by atoms with Crippen LogP contribution in [0.1, 0.15) is 38.1 Å². The monoisotopic (exact) mass is 492 g/mol. The summed E-state index contributed by atoms with van der Waals surface area (Å²) in [5.74, 6) is 6.36. The quantitative estimate of drug-likeness (QED) is 0.247. The maximum Gasteiger partial charge on any atom is 0.422 e. The predicted molar refractivity (Wildman–Crippen MR) is 132 cm³/mol. The molecule has 1 aromatic heterocycles. The molecule has 0 amide bonds. The predicted octanol–water partition coefficient (Wildman–Crippen LogP) is 5.21. The topological polar surface area (TPSA) is 90.0 Å². The molecule has 3 rings (SSSR count). The number of nitrogens with two attached hydrogens (primary N) is 1. The van der Waals surface area contributed by atoms with Crippen LogP contribution in [0.5, 0.6) is 5.75 Å². The lowest BCUT2D eigenvalue weighted by atomic mass is 10.0. The number of rotatable bonds is 6. The lowest BCUT2D eigenvalue weighted by Crippen LogP contribution is -2.34. The van der Waals surface area contributed by atoms with Crippen LogP contribution in [0.2, 0.25) is 0 Å². The number of anilines is 1. The van der Waals surface area contributed by atoms with Gasteiger partial charge in [-0.15, -0.1) is 5.10 Å². The van der Waals surface area contributed by atoms with Gasteiger partial charge in [-0.25, -0.2) is 15.5 Å². The van der Waals surface area contributed by atoms with Crippen LogP contribution in [0, 0.1) is 0 Å². The Balaban J connectivity index is 0.000000257. The summed E-state index contributed by atoms with van der Waals surface area (Å²) in [4.78, 5) is 4.06. The van der Waals surface area contributed by atoms with Gasteiger partial charge in [-0.05, 0) is 67.0 Å². The van der Waals surface area contributed by atoms with Crippen molar-refractivity contribution in [3.8, 4) is 11.4 Å². The first-order valence-electron chi connectivity index (χ1n) is 10.3. The summed E-state index contributed by atoms with van der Waals surface area (Å²) in [6.45, 7) is 4.83. The molecule has 0 atom stereocenters. The molecule has 0 saturated heterocycles. The van der Waals surface area contributed by atoms with Gasteiger partial charge in [-0.2, -0.15) is 13.2 Å². The van der Waals surface area contributed by atoms with Gasteiger partial charge in [0.1, 0.15) is 12.1 Å². The molecular weight excluding hydrogens is 465 g/mol. The molecule has 0 saturated carbocycles. The number of halogens is 3.